The molecule has 1 aliphatic heterocycles. The number of ether oxygens (including phenoxy) is 2. The van der Waals surface area contributed by atoms with Crippen LogP contribution in [0.15, 0.2) is 30.3 Å². The van der Waals surface area contributed by atoms with Crippen molar-refractivity contribution in [2.24, 2.45) is 0 Å². The average molecular weight is 178 g/mol. The van der Waals surface area contributed by atoms with Gasteiger partial charge in [-0.2, -0.15) is 0 Å². The minimum Gasteiger partial charge on any atom is -0.347 e. The van der Waals surface area contributed by atoms with Gasteiger partial charge in [-0.25, -0.2) is 0 Å². The molecule has 1 fully saturated rings. The van der Waals surface area contributed by atoms with E-state index >= 15 is 0 Å². The van der Waals surface area contributed by atoms with E-state index in [1.165, 1.54) is 5.56 Å². The van der Waals surface area contributed by atoms with Gasteiger partial charge in [0.05, 0.1) is 6.61 Å². The largest absolute Gasteiger partial charge is 0.347 e. The zero-order valence-corrected chi connectivity index (χ0v) is 7.99. The van der Waals surface area contributed by atoms with Crippen molar-refractivity contribution in [2.75, 3.05) is 6.61 Å². The molecule has 0 amide bonds. The van der Waals surface area contributed by atoms with Crippen LogP contribution in [0.4, 0.5) is 0 Å². The minimum absolute atomic E-state index is 0.0937. The molecule has 0 saturated carbocycles. The normalized spacial score (nSPS) is 26.2. The second kappa shape index (κ2) is 3.13. The van der Waals surface area contributed by atoms with E-state index in [1.54, 1.807) is 0 Å². The Kier molecular flexibility index (Phi) is 2.10. The second-order valence-electron chi connectivity index (χ2n) is 3.73. The van der Waals surface area contributed by atoms with E-state index in [9.17, 15) is 0 Å². The Morgan fingerprint density at radius 1 is 1.23 bits per heavy atom. The van der Waals surface area contributed by atoms with Gasteiger partial charge < -0.3 is 9.47 Å². The summed E-state index contributed by atoms with van der Waals surface area (Å²) in [5.74, 6) is -0.430. The van der Waals surface area contributed by atoms with Crippen molar-refractivity contribution in [3.63, 3.8) is 0 Å². The Hall–Kier alpha value is -0.860. The molecular weight excluding hydrogens is 164 g/mol. The molecule has 0 N–H and O–H groups in total. The van der Waals surface area contributed by atoms with Gasteiger partial charge in [0.1, 0.15) is 6.10 Å². The Bertz CT molecular complexity index is 279. The van der Waals surface area contributed by atoms with Crippen molar-refractivity contribution >= 4 is 0 Å². The Labute approximate surface area is 78.5 Å². The standard InChI is InChI=1S/C11H14O2/c1-11(2)12-8-10(13-11)9-6-4-3-5-7-9/h3-7,10H,8H2,1-2H3. The molecule has 1 saturated heterocycles. The van der Waals surface area contributed by atoms with E-state index in [4.69, 9.17) is 9.47 Å². The molecule has 1 unspecified atom stereocenters. The quantitative estimate of drug-likeness (QED) is 0.657. The van der Waals surface area contributed by atoms with Crippen LogP contribution in [-0.2, 0) is 9.47 Å². The van der Waals surface area contributed by atoms with Gasteiger partial charge in [-0.3, -0.25) is 0 Å². The van der Waals surface area contributed by atoms with Gasteiger partial charge in [0.25, 0.3) is 0 Å². The lowest BCUT2D eigenvalue weighted by Crippen LogP contribution is -2.19. The zero-order chi connectivity index (χ0) is 9.31. The maximum Gasteiger partial charge on any atom is 0.163 e. The predicted octanol–water partition coefficient (Wildman–Crippen LogP) is 2.51. The fraction of sp³-hybridized carbons (Fsp3) is 0.455. The predicted molar refractivity (Wildman–Crippen MR) is 50.3 cm³/mol. The Balaban J connectivity index is 2.13. The smallest absolute Gasteiger partial charge is 0.163 e. The lowest BCUT2D eigenvalue weighted by atomic mass is 10.1. The third-order valence-electron chi connectivity index (χ3n) is 2.18. The van der Waals surface area contributed by atoms with Crippen molar-refractivity contribution in [1.29, 1.82) is 0 Å². The van der Waals surface area contributed by atoms with Gasteiger partial charge >= 0.3 is 0 Å². The molecule has 0 radical (unpaired) electrons. The first-order valence-electron chi connectivity index (χ1n) is 4.54. The molecule has 1 atom stereocenters. The van der Waals surface area contributed by atoms with Crippen molar-refractivity contribution < 1.29 is 9.47 Å². The van der Waals surface area contributed by atoms with Crippen LogP contribution in [0, 0.1) is 0 Å². The number of benzene rings is 1. The Morgan fingerprint density at radius 2 is 1.92 bits per heavy atom. The monoisotopic (exact) mass is 178 g/mol. The zero-order valence-electron chi connectivity index (χ0n) is 7.99. The highest BCUT2D eigenvalue weighted by Crippen LogP contribution is 2.32. The van der Waals surface area contributed by atoms with Crippen LogP contribution in [0.5, 0.6) is 0 Å². The fourth-order valence-electron chi connectivity index (χ4n) is 1.52. The van der Waals surface area contributed by atoms with E-state index < -0.39 is 5.79 Å². The molecule has 2 rings (SSSR count). The SMILES string of the molecule is CC1(C)OCC(c2ccccc2)O1. The maximum atomic E-state index is 5.71. The first kappa shape index (κ1) is 8.73. The summed E-state index contributed by atoms with van der Waals surface area (Å²) in [6.07, 6.45) is 0.0937. The van der Waals surface area contributed by atoms with Crippen molar-refractivity contribution in [1.82, 2.24) is 0 Å². The van der Waals surface area contributed by atoms with Gasteiger partial charge in [0.15, 0.2) is 5.79 Å². The molecule has 1 aromatic carbocycles. The number of hydrogen-bond donors (Lipinski definition) is 0. The highest BCUT2D eigenvalue weighted by Gasteiger charge is 2.33. The number of rotatable bonds is 1. The average Bonchev–Trinajstić information content (AvgIpc) is 2.48. The van der Waals surface area contributed by atoms with Crippen LogP contribution >= 0.6 is 0 Å². The summed E-state index contributed by atoms with van der Waals surface area (Å²) in [7, 11) is 0. The topological polar surface area (TPSA) is 18.5 Å². The highest BCUT2D eigenvalue weighted by atomic mass is 16.7. The summed E-state index contributed by atoms with van der Waals surface area (Å²) in [6.45, 7) is 4.53. The van der Waals surface area contributed by atoms with Crippen LogP contribution in [0.2, 0.25) is 0 Å². The van der Waals surface area contributed by atoms with E-state index in [1.807, 2.05) is 32.0 Å². The molecule has 0 bridgehead atoms. The molecule has 0 spiro atoms. The summed E-state index contributed by atoms with van der Waals surface area (Å²) in [5, 5.41) is 0. The van der Waals surface area contributed by atoms with E-state index in [2.05, 4.69) is 12.1 Å². The summed E-state index contributed by atoms with van der Waals surface area (Å²) in [6, 6.07) is 10.2. The summed E-state index contributed by atoms with van der Waals surface area (Å²) >= 11 is 0. The molecule has 0 aromatic heterocycles. The van der Waals surface area contributed by atoms with Crippen LogP contribution in [-0.4, -0.2) is 12.4 Å². The first-order chi connectivity index (χ1) is 6.17. The molecule has 13 heavy (non-hydrogen) atoms. The number of hydrogen-bond acceptors (Lipinski definition) is 2. The highest BCUT2D eigenvalue weighted by molar-refractivity contribution is 5.18. The molecule has 2 heteroatoms. The van der Waals surface area contributed by atoms with Gasteiger partial charge in [0.2, 0.25) is 0 Å². The fourth-order valence-corrected chi connectivity index (χ4v) is 1.52. The lowest BCUT2D eigenvalue weighted by molar-refractivity contribution is -0.139. The molecule has 1 aromatic rings. The summed E-state index contributed by atoms with van der Waals surface area (Å²) in [5.41, 5.74) is 1.19. The van der Waals surface area contributed by atoms with Crippen LogP contribution in [0.25, 0.3) is 0 Å². The van der Waals surface area contributed by atoms with Crippen molar-refractivity contribution in [2.45, 2.75) is 25.7 Å². The molecule has 1 heterocycles. The van der Waals surface area contributed by atoms with Crippen molar-refractivity contribution in [3.8, 4) is 0 Å². The lowest BCUT2D eigenvalue weighted by Gasteiger charge is -2.16. The summed E-state index contributed by atoms with van der Waals surface area (Å²) < 4.78 is 11.2. The third-order valence-corrected chi connectivity index (χ3v) is 2.18. The van der Waals surface area contributed by atoms with Gasteiger partial charge in [-0.15, -0.1) is 0 Å². The second-order valence-corrected chi connectivity index (χ2v) is 3.73. The van der Waals surface area contributed by atoms with E-state index in [0.717, 1.165) is 0 Å². The van der Waals surface area contributed by atoms with Gasteiger partial charge in [-0.05, 0) is 19.4 Å². The minimum atomic E-state index is -0.430. The molecule has 1 aliphatic rings. The Morgan fingerprint density at radius 3 is 2.46 bits per heavy atom. The van der Waals surface area contributed by atoms with E-state index in [0.29, 0.717) is 6.61 Å². The van der Waals surface area contributed by atoms with Gasteiger partial charge in [-0.1, -0.05) is 30.3 Å². The van der Waals surface area contributed by atoms with Crippen LogP contribution in [0.3, 0.4) is 0 Å². The molecule has 0 aliphatic carbocycles. The van der Waals surface area contributed by atoms with E-state index in [-0.39, 0.29) is 6.10 Å². The third kappa shape index (κ3) is 1.90. The van der Waals surface area contributed by atoms with Gasteiger partial charge in [0, 0.05) is 0 Å². The summed E-state index contributed by atoms with van der Waals surface area (Å²) in [4.78, 5) is 0. The molecule has 2 nitrogen and oxygen atoms in total. The maximum absolute atomic E-state index is 5.71. The van der Waals surface area contributed by atoms with Crippen molar-refractivity contribution in [3.05, 3.63) is 35.9 Å². The molecule has 70 valence electrons. The molecular formula is C11H14O2. The van der Waals surface area contributed by atoms with Crippen LogP contribution in [0.1, 0.15) is 25.5 Å². The first-order valence-corrected chi connectivity index (χ1v) is 4.54. The van der Waals surface area contributed by atoms with Crippen LogP contribution < -0.4 is 0 Å².